The van der Waals surface area contributed by atoms with Gasteiger partial charge in [0.05, 0.1) is 22.4 Å². The highest BCUT2D eigenvalue weighted by molar-refractivity contribution is 6.05. The van der Waals surface area contributed by atoms with Crippen molar-refractivity contribution in [2.75, 3.05) is 0 Å². The summed E-state index contributed by atoms with van der Waals surface area (Å²) < 4.78 is 2.15. The van der Waals surface area contributed by atoms with E-state index in [0.717, 1.165) is 39.0 Å². The molecule has 0 N–H and O–H groups in total. The van der Waals surface area contributed by atoms with Crippen LogP contribution in [0.2, 0.25) is 0 Å². The molecule has 4 heterocycles. The fraction of sp³-hybridized carbons (Fsp3) is 0.381. The van der Waals surface area contributed by atoms with Crippen LogP contribution in [0, 0.1) is 0 Å². The van der Waals surface area contributed by atoms with Crippen molar-refractivity contribution in [3.8, 4) is 0 Å². The van der Waals surface area contributed by atoms with Crippen molar-refractivity contribution in [1.82, 2.24) is 19.4 Å². The molecular formula is C21H24N4. The molecule has 25 heavy (non-hydrogen) atoms. The highest BCUT2D eigenvalue weighted by Crippen LogP contribution is 2.36. The number of fused-ring (bicyclic) bond motifs is 5. The lowest BCUT2D eigenvalue weighted by Crippen LogP contribution is -2.18. The fourth-order valence-electron chi connectivity index (χ4n) is 3.40. The Morgan fingerprint density at radius 1 is 0.800 bits per heavy atom. The van der Waals surface area contributed by atoms with Crippen molar-refractivity contribution in [3.05, 3.63) is 48.0 Å². The molecule has 0 fully saturated rings. The largest absolute Gasteiger partial charge is 0.298 e. The fourth-order valence-corrected chi connectivity index (χ4v) is 3.40. The van der Waals surface area contributed by atoms with Gasteiger partial charge in [0.15, 0.2) is 0 Å². The van der Waals surface area contributed by atoms with E-state index in [1.165, 1.54) is 0 Å². The molecule has 0 spiro atoms. The van der Waals surface area contributed by atoms with Crippen LogP contribution in [0.5, 0.6) is 0 Å². The molecule has 4 rings (SSSR count). The minimum absolute atomic E-state index is 0.0749. The third-order valence-corrected chi connectivity index (χ3v) is 4.58. The molecule has 0 unspecified atom stereocenters. The maximum atomic E-state index is 5.14. The number of nitrogens with zero attached hydrogens (tertiary/aromatic N) is 4. The average molecular weight is 332 g/mol. The number of aromatic nitrogens is 4. The molecule has 4 nitrogen and oxygen atoms in total. The second kappa shape index (κ2) is 5.01. The SMILES string of the molecule is CC(C)(C)c1nccc2c1nc(C(C)(C)C)c1c2nc2ccccn21. The maximum Gasteiger partial charge on any atom is 0.137 e. The minimum Gasteiger partial charge on any atom is -0.298 e. The van der Waals surface area contributed by atoms with E-state index >= 15 is 0 Å². The number of hydrogen-bond acceptors (Lipinski definition) is 3. The number of rotatable bonds is 0. The number of pyridine rings is 3. The van der Waals surface area contributed by atoms with Gasteiger partial charge in [-0.05, 0) is 18.2 Å². The second-order valence-corrected chi connectivity index (χ2v) is 8.75. The maximum absolute atomic E-state index is 5.14. The Morgan fingerprint density at radius 3 is 2.20 bits per heavy atom. The minimum atomic E-state index is -0.0940. The van der Waals surface area contributed by atoms with Crippen LogP contribution in [-0.2, 0) is 10.8 Å². The average Bonchev–Trinajstić information content (AvgIpc) is 2.91. The van der Waals surface area contributed by atoms with Crippen LogP contribution >= 0.6 is 0 Å². The van der Waals surface area contributed by atoms with E-state index in [4.69, 9.17) is 9.97 Å². The van der Waals surface area contributed by atoms with Crippen LogP contribution in [0.3, 0.4) is 0 Å². The quantitative estimate of drug-likeness (QED) is 0.454. The van der Waals surface area contributed by atoms with Gasteiger partial charge in [-0.15, -0.1) is 0 Å². The molecule has 0 aliphatic heterocycles. The zero-order chi connectivity index (χ0) is 18.0. The first-order chi connectivity index (χ1) is 11.7. The molecule has 128 valence electrons. The Labute approximate surface area is 147 Å². The molecule has 0 atom stereocenters. The third-order valence-electron chi connectivity index (χ3n) is 4.58. The molecule has 4 aromatic rings. The number of imidazole rings is 1. The van der Waals surface area contributed by atoms with Gasteiger partial charge in [0.25, 0.3) is 0 Å². The molecule has 0 aromatic carbocycles. The summed E-state index contributed by atoms with van der Waals surface area (Å²) in [4.78, 5) is 14.7. The first kappa shape index (κ1) is 16.0. The van der Waals surface area contributed by atoms with E-state index < -0.39 is 0 Å². The van der Waals surface area contributed by atoms with Crippen molar-refractivity contribution in [2.45, 2.75) is 52.4 Å². The summed E-state index contributed by atoms with van der Waals surface area (Å²) >= 11 is 0. The van der Waals surface area contributed by atoms with Crippen molar-refractivity contribution in [3.63, 3.8) is 0 Å². The van der Waals surface area contributed by atoms with Gasteiger partial charge in [0.2, 0.25) is 0 Å². The van der Waals surface area contributed by atoms with E-state index in [1.54, 1.807) is 0 Å². The molecule has 4 heteroatoms. The lowest BCUT2D eigenvalue weighted by Gasteiger charge is -2.23. The van der Waals surface area contributed by atoms with E-state index in [9.17, 15) is 0 Å². The smallest absolute Gasteiger partial charge is 0.137 e. The summed E-state index contributed by atoms with van der Waals surface area (Å²) in [6.07, 6.45) is 3.95. The van der Waals surface area contributed by atoms with Crippen molar-refractivity contribution < 1.29 is 0 Å². The molecule has 0 aliphatic carbocycles. The highest BCUT2D eigenvalue weighted by Gasteiger charge is 2.27. The topological polar surface area (TPSA) is 43.1 Å². The Balaban J connectivity index is 2.30. The summed E-state index contributed by atoms with van der Waals surface area (Å²) in [6.45, 7) is 13.2. The zero-order valence-electron chi connectivity index (χ0n) is 15.8. The van der Waals surface area contributed by atoms with Gasteiger partial charge in [-0.2, -0.15) is 0 Å². The molecule has 0 bridgehead atoms. The van der Waals surface area contributed by atoms with Crippen molar-refractivity contribution in [1.29, 1.82) is 0 Å². The monoisotopic (exact) mass is 332 g/mol. The first-order valence-corrected chi connectivity index (χ1v) is 8.74. The Kier molecular flexibility index (Phi) is 3.21. The van der Waals surface area contributed by atoms with Crippen molar-refractivity contribution >= 4 is 27.6 Å². The molecule has 0 amide bonds. The third kappa shape index (κ3) is 2.39. The van der Waals surface area contributed by atoms with E-state index in [-0.39, 0.29) is 10.8 Å². The van der Waals surface area contributed by atoms with E-state index in [2.05, 4.69) is 57.1 Å². The Hall–Kier alpha value is -2.49. The number of hydrogen-bond donors (Lipinski definition) is 0. The summed E-state index contributed by atoms with van der Waals surface area (Å²) in [5.41, 5.74) is 5.94. The van der Waals surface area contributed by atoms with Gasteiger partial charge in [-0.1, -0.05) is 47.6 Å². The second-order valence-electron chi connectivity index (χ2n) is 8.75. The van der Waals surface area contributed by atoms with Crippen molar-refractivity contribution in [2.24, 2.45) is 0 Å². The van der Waals surface area contributed by atoms with E-state index in [1.807, 2.05) is 30.5 Å². The van der Waals surface area contributed by atoms with Crippen LogP contribution in [0.25, 0.3) is 27.6 Å². The van der Waals surface area contributed by atoms with Crippen LogP contribution in [-0.4, -0.2) is 19.4 Å². The molecule has 0 saturated heterocycles. The zero-order valence-corrected chi connectivity index (χ0v) is 15.8. The van der Waals surface area contributed by atoms with Crippen LogP contribution in [0.4, 0.5) is 0 Å². The van der Waals surface area contributed by atoms with E-state index in [0.29, 0.717) is 0 Å². The lowest BCUT2D eigenvalue weighted by molar-refractivity contribution is 0.564. The summed E-state index contributed by atoms with van der Waals surface area (Å²) in [7, 11) is 0. The summed E-state index contributed by atoms with van der Waals surface area (Å²) in [5, 5.41) is 1.08. The van der Waals surface area contributed by atoms with Gasteiger partial charge in [-0.3, -0.25) is 9.38 Å². The standard InChI is InChI=1S/C21H24N4/c1-20(2,3)18-16-13(10-11-22-18)15-17(19(24-16)21(4,5)6)25-12-8-7-9-14(25)23-15/h7-12H,1-6H3. The van der Waals surface area contributed by atoms with Gasteiger partial charge < -0.3 is 0 Å². The van der Waals surface area contributed by atoms with Gasteiger partial charge in [-0.25, -0.2) is 9.97 Å². The normalized spacial score (nSPS) is 13.2. The van der Waals surface area contributed by atoms with Crippen LogP contribution in [0.15, 0.2) is 36.7 Å². The molecule has 0 radical (unpaired) electrons. The molecule has 0 aliphatic rings. The Morgan fingerprint density at radius 2 is 1.52 bits per heavy atom. The summed E-state index contributed by atoms with van der Waals surface area (Å²) in [6, 6.07) is 8.15. The predicted octanol–water partition coefficient (Wildman–Crippen LogP) is 5.03. The van der Waals surface area contributed by atoms with Gasteiger partial charge >= 0.3 is 0 Å². The summed E-state index contributed by atoms with van der Waals surface area (Å²) in [5.74, 6) is 0. The van der Waals surface area contributed by atoms with Gasteiger partial charge in [0.1, 0.15) is 11.2 Å². The van der Waals surface area contributed by atoms with Crippen LogP contribution < -0.4 is 0 Å². The lowest BCUT2D eigenvalue weighted by atomic mass is 9.87. The van der Waals surface area contributed by atoms with Crippen LogP contribution in [0.1, 0.15) is 52.9 Å². The Bertz CT molecular complexity index is 1110. The van der Waals surface area contributed by atoms with Gasteiger partial charge in [0, 0.05) is 28.6 Å². The molecule has 4 aromatic heterocycles. The first-order valence-electron chi connectivity index (χ1n) is 8.74. The molecule has 0 saturated carbocycles. The highest BCUT2D eigenvalue weighted by atomic mass is 15.0. The molecular weight excluding hydrogens is 308 g/mol. The predicted molar refractivity (Wildman–Crippen MR) is 103 cm³/mol.